The standard InChI is InChI=1S/C22H30N2O6S2/c1-6-20(16-7-10-18(11-8-16)31(5,26)27)23-22(25)14-9-17-15-19(12-13-21(17)30-4)32(28,29)24(2)3/h7-8,10-13,15,20H,6,9,14H2,1-5H3,(H,23,25)/t20-/m0/s1. The van der Waals surface area contributed by atoms with Gasteiger partial charge in [-0.05, 0) is 54.3 Å². The van der Waals surface area contributed by atoms with Gasteiger partial charge in [0.25, 0.3) is 0 Å². The molecule has 0 aromatic heterocycles. The Bertz CT molecular complexity index is 1160. The number of sulfonamides is 1. The summed E-state index contributed by atoms with van der Waals surface area (Å²) >= 11 is 0. The molecule has 1 amide bonds. The minimum Gasteiger partial charge on any atom is -0.496 e. The Labute approximate surface area is 190 Å². The van der Waals surface area contributed by atoms with Gasteiger partial charge in [0.1, 0.15) is 5.75 Å². The SMILES string of the molecule is CC[C@H](NC(=O)CCc1cc(S(=O)(=O)N(C)C)ccc1OC)c1ccc(S(C)(=O)=O)cc1. The van der Waals surface area contributed by atoms with Crippen LogP contribution < -0.4 is 10.1 Å². The number of methoxy groups -OCH3 is 1. The molecule has 0 spiro atoms. The molecule has 0 fully saturated rings. The first-order valence-corrected chi connectivity index (χ1v) is 13.4. The van der Waals surface area contributed by atoms with Crippen molar-refractivity contribution in [2.45, 2.75) is 42.0 Å². The van der Waals surface area contributed by atoms with Gasteiger partial charge in [-0.3, -0.25) is 4.79 Å². The largest absolute Gasteiger partial charge is 0.496 e. The first-order chi connectivity index (χ1) is 14.9. The van der Waals surface area contributed by atoms with Gasteiger partial charge in [-0.15, -0.1) is 0 Å². The summed E-state index contributed by atoms with van der Waals surface area (Å²) in [7, 11) is -2.48. The van der Waals surface area contributed by atoms with Crippen LogP contribution >= 0.6 is 0 Å². The molecule has 1 N–H and O–H groups in total. The Kier molecular flexibility index (Phi) is 8.44. The number of carbonyl (C=O) groups is 1. The topological polar surface area (TPSA) is 110 Å². The smallest absolute Gasteiger partial charge is 0.242 e. The van der Waals surface area contributed by atoms with Gasteiger partial charge in [-0.2, -0.15) is 0 Å². The number of hydrogen-bond acceptors (Lipinski definition) is 6. The highest BCUT2D eigenvalue weighted by atomic mass is 32.2. The molecule has 176 valence electrons. The van der Waals surface area contributed by atoms with E-state index in [9.17, 15) is 21.6 Å². The van der Waals surface area contributed by atoms with Gasteiger partial charge in [0.05, 0.1) is 22.9 Å². The van der Waals surface area contributed by atoms with Crippen LogP contribution in [0.4, 0.5) is 0 Å². The Morgan fingerprint density at radius 3 is 2.12 bits per heavy atom. The summed E-state index contributed by atoms with van der Waals surface area (Å²) in [6, 6.07) is 10.8. The number of aryl methyl sites for hydroxylation is 1. The van der Waals surface area contributed by atoms with Crippen molar-refractivity contribution in [1.29, 1.82) is 0 Å². The van der Waals surface area contributed by atoms with Crippen LogP contribution in [0.1, 0.15) is 36.9 Å². The molecule has 0 aliphatic heterocycles. The number of ether oxygens (including phenoxy) is 1. The van der Waals surface area contributed by atoms with E-state index < -0.39 is 19.9 Å². The second-order valence-corrected chi connectivity index (χ2v) is 11.8. The first-order valence-electron chi connectivity index (χ1n) is 10.1. The fraction of sp³-hybridized carbons (Fsp3) is 0.409. The van der Waals surface area contributed by atoms with Crippen LogP contribution in [0.5, 0.6) is 5.75 Å². The maximum Gasteiger partial charge on any atom is 0.242 e. The van der Waals surface area contributed by atoms with Crippen molar-refractivity contribution in [3.8, 4) is 5.75 Å². The second-order valence-electron chi connectivity index (χ2n) is 7.63. The molecule has 0 saturated heterocycles. The van der Waals surface area contributed by atoms with Crippen LogP contribution in [0.3, 0.4) is 0 Å². The van der Waals surface area contributed by atoms with Crippen molar-refractivity contribution in [1.82, 2.24) is 9.62 Å². The number of nitrogens with one attached hydrogen (secondary N) is 1. The van der Waals surface area contributed by atoms with Crippen LogP contribution in [0.2, 0.25) is 0 Å². The van der Waals surface area contributed by atoms with E-state index in [0.717, 1.165) is 16.1 Å². The lowest BCUT2D eigenvalue weighted by Crippen LogP contribution is -2.28. The maximum absolute atomic E-state index is 12.6. The van der Waals surface area contributed by atoms with Crippen LogP contribution in [0, 0.1) is 0 Å². The Hall–Kier alpha value is -2.43. The lowest BCUT2D eigenvalue weighted by Gasteiger charge is -2.18. The average molecular weight is 483 g/mol. The van der Waals surface area contributed by atoms with E-state index in [1.165, 1.54) is 45.5 Å². The van der Waals surface area contributed by atoms with E-state index in [2.05, 4.69) is 5.32 Å². The molecule has 0 aliphatic rings. The van der Waals surface area contributed by atoms with E-state index in [1.807, 2.05) is 6.92 Å². The second kappa shape index (κ2) is 10.5. The number of sulfone groups is 1. The first kappa shape index (κ1) is 25.8. The third kappa shape index (κ3) is 6.30. The fourth-order valence-electron chi connectivity index (χ4n) is 3.20. The number of rotatable bonds is 10. The van der Waals surface area contributed by atoms with E-state index in [0.29, 0.717) is 24.2 Å². The minimum absolute atomic E-state index is 0.135. The van der Waals surface area contributed by atoms with Gasteiger partial charge in [0.15, 0.2) is 9.84 Å². The van der Waals surface area contributed by atoms with Gasteiger partial charge in [-0.1, -0.05) is 19.1 Å². The summed E-state index contributed by atoms with van der Waals surface area (Å²) in [6.07, 6.45) is 2.22. The van der Waals surface area contributed by atoms with Crippen LogP contribution in [0.25, 0.3) is 0 Å². The highest BCUT2D eigenvalue weighted by molar-refractivity contribution is 7.90. The molecule has 0 radical (unpaired) electrons. The summed E-state index contributed by atoms with van der Waals surface area (Å²) in [4.78, 5) is 13.0. The highest BCUT2D eigenvalue weighted by Gasteiger charge is 2.20. The molecule has 0 heterocycles. The van der Waals surface area contributed by atoms with Gasteiger partial charge in [0.2, 0.25) is 15.9 Å². The zero-order valence-corrected chi connectivity index (χ0v) is 20.6. The molecule has 0 aliphatic carbocycles. The quantitative estimate of drug-likeness (QED) is 0.557. The van der Waals surface area contributed by atoms with Crippen molar-refractivity contribution in [3.05, 3.63) is 53.6 Å². The molecule has 0 bridgehead atoms. The van der Waals surface area contributed by atoms with Crippen LogP contribution in [-0.4, -0.2) is 54.5 Å². The summed E-state index contributed by atoms with van der Waals surface area (Å²) in [5, 5.41) is 2.96. The average Bonchev–Trinajstić information content (AvgIpc) is 2.75. The predicted octanol–water partition coefficient (Wildman–Crippen LogP) is 2.55. The van der Waals surface area contributed by atoms with E-state index in [-0.39, 0.29) is 28.2 Å². The number of nitrogens with zero attached hydrogens (tertiary/aromatic N) is 1. The molecule has 2 rings (SSSR count). The van der Waals surface area contributed by atoms with Gasteiger partial charge in [0, 0.05) is 26.8 Å². The van der Waals surface area contributed by atoms with Crippen LogP contribution in [-0.2, 0) is 31.1 Å². The summed E-state index contributed by atoms with van der Waals surface area (Å²) in [6.45, 7) is 1.92. The molecule has 0 unspecified atom stereocenters. The van der Waals surface area contributed by atoms with E-state index in [1.54, 1.807) is 18.2 Å². The fourth-order valence-corrected chi connectivity index (χ4v) is 4.79. The number of benzene rings is 2. The van der Waals surface area contributed by atoms with Gasteiger partial charge < -0.3 is 10.1 Å². The molecule has 0 saturated carbocycles. The molecule has 10 heteroatoms. The molecular formula is C22H30N2O6S2. The Balaban J connectivity index is 2.13. The summed E-state index contributed by atoms with van der Waals surface area (Å²) < 4.78 is 54.6. The summed E-state index contributed by atoms with van der Waals surface area (Å²) in [5.41, 5.74) is 1.43. The lowest BCUT2D eigenvalue weighted by atomic mass is 10.0. The molecule has 1 atom stereocenters. The monoisotopic (exact) mass is 482 g/mol. The van der Waals surface area contributed by atoms with Crippen LogP contribution in [0.15, 0.2) is 52.3 Å². The van der Waals surface area contributed by atoms with E-state index in [4.69, 9.17) is 4.74 Å². The number of hydrogen-bond donors (Lipinski definition) is 1. The third-order valence-corrected chi connectivity index (χ3v) is 8.05. The van der Waals surface area contributed by atoms with Gasteiger partial charge >= 0.3 is 0 Å². The zero-order chi connectivity index (χ0) is 24.1. The molecule has 2 aromatic carbocycles. The Morgan fingerprint density at radius 1 is 1.03 bits per heavy atom. The van der Waals surface area contributed by atoms with Crippen molar-refractivity contribution < 1.29 is 26.4 Å². The molecule has 32 heavy (non-hydrogen) atoms. The molecule has 8 nitrogen and oxygen atoms in total. The molecule has 2 aromatic rings. The van der Waals surface area contributed by atoms with Gasteiger partial charge in [-0.25, -0.2) is 21.1 Å². The number of carbonyl (C=O) groups excluding carboxylic acids is 1. The minimum atomic E-state index is -3.60. The van der Waals surface area contributed by atoms with Crippen molar-refractivity contribution in [3.63, 3.8) is 0 Å². The third-order valence-electron chi connectivity index (χ3n) is 5.11. The summed E-state index contributed by atoms with van der Waals surface area (Å²) in [5.74, 6) is 0.311. The predicted molar refractivity (Wildman–Crippen MR) is 123 cm³/mol. The van der Waals surface area contributed by atoms with Crippen molar-refractivity contribution in [2.24, 2.45) is 0 Å². The van der Waals surface area contributed by atoms with Crippen molar-refractivity contribution >= 4 is 25.8 Å². The Morgan fingerprint density at radius 2 is 1.62 bits per heavy atom. The number of amides is 1. The lowest BCUT2D eigenvalue weighted by molar-refractivity contribution is -0.121. The highest BCUT2D eigenvalue weighted by Crippen LogP contribution is 2.25. The molecular weight excluding hydrogens is 452 g/mol. The zero-order valence-electron chi connectivity index (χ0n) is 19.0. The van der Waals surface area contributed by atoms with E-state index >= 15 is 0 Å². The van der Waals surface area contributed by atoms with Crippen molar-refractivity contribution in [2.75, 3.05) is 27.5 Å². The maximum atomic E-state index is 12.6. The normalized spacial score (nSPS) is 13.1.